The molecule has 0 aliphatic rings. The van der Waals surface area contributed by atoms with Crippen molar-refractivity contribution in [1.29, 1.82) is 0 Å². The van der Waals surface area contributed by atoms with Crippen molar-refractivity contribution >= 4 is 12.6 Å². The molecule has 0 radical (unpaired) electrons. The number of hydrogen-bond acceptors (Lipinski definition) is 3. The quantitative estimate of drug-likeness (QED) is 0.323. The summed E-state index contributed by atoms with van der Waals surface area (Å²) in [5, 5.41) is 0. The van der Waals surface area contributed by atoms with Gasteiger partial charge in [-0.05, 0) is 51.5 Å². The minimum absolute atomic E-state index is 0.684. The molecule has 1 aromatic rings. The molecule has 20 heavy (non-hydrogen) atoms. The van der Waals surface area contributed by atoms with Gasteiger partial charge in [-0.25, -0.2) is 4.84 Å². The lowest BCUT2D eigenvalue weighted by molar-refractivity contribution is -1.10. The normalized spacial score (nSPS) is 11.7. The summed E-state index contributed by atoms with van der Waals surface area (Å²) in [5.41, 5.74) is 1.12. The van der Waals surface area contributed by atoms with Gasteiger partial charge in [-0.3, -0.25) is 0 Å². The number of nitrogens with zero attached hydrogens (tertiary/aromatic N) is 1. The van der Waals surface area contributed by atoms with Gasteiger partial charge in [0.1, 0.15) is 32.0 Å². The number of ether oxygens (including phenoxy) is 1. The number of quaternary nitrogens is 1. The zero-order valence-corrected chi connectivity index (χ0v) is 14.1. The van der Waals surface area contributed by atoms with Gasteiger partial charge in [0.25, 0.3) is 0 Å². The molecule has 0 unspecified atom stereocenters. The van der Waals surface area contributed by atoms with Crippen molar-refractivity contribution in [2.45, 2.75) is 39.0 Å². The first-order chi connectivity index (χ1) is 9.56. The summed E-state index contributed by atoms with van der Waals surface area (Å²) in [5.74, 6) is 0.935. The smallest absolute Gasteiger partial charge is 0.122 e. The second kappa shape index (κ2) is 8.55. The molecule has 1 aromatic carbocycles. The Morgan fingerprint density at radius 1 is 1.05 bits per heavy atom. The van der Waals surface area contributed by atoms with Gasteiger partial charge in [-0.2, -0.15) is 4.65 Å². The molecule has 4 heteroatoms. The first-order valence-electron chi connectivity index (χ1n) is 7.50. The third-order valence-corrected chi connectivity index (χ3v) is 4.08. The Morgan fingerprint density at radius 3 is 2.25 bits per heavy atom. The SMILES string of the molecule is CC[N+](CC)(CC)OCCCOc1ccc(S)cc1C. The van der Waals surface area contributed by atoms with E-state index in [1.807, 2.05) is 25.1 Å². The molecule has 3 nitrogen and oxygen atoms in total. The van der Waals surface area contributed by atoms with Crippen LogP contribution in [0.15, 0.2) is 23.1 Å². The van der Waals surface area contributed by atoms with Gasteiger partial charge in [0.15, 0.2) is 0 Å². The minimum Gasteiger partial charge on any atom is -0.493 e. The fourth-order valence-corrected chi connectivity index (χ4v) is 2.51. The van der Waals surface area contributed by atoms with E-state index in [1.165, 1.54) is 0 Å². The largest absolute Gasteiger partial charge is 0.493 e. The maximum absolute atomic E-state index is 6.01. The summed E-state index contributed by atoms with van der Waals surface area (Å²) in [4.78, 5) is 6.98. The molecule has 0 atom stereocenters. The molecule has 0 bridgehead atoms. The van der Waals surface area contributed by atoms with Gasteiger partial charge >= 0.3 is 0 Å². The highest BCUT2D eigenvalue weighted by Gasteiger charge is 2.22. The van der Waals surface area contributed by atoms with E-state index in [0.29, 0.717) is 6.61 Å². The van der Waals surface area contributed by atoms with E-state index >= 15 is 0 Å². The van der Waals surface area contributed by atoms with Gasteiger partial charge < -0.3 is 4.74 Å². The van der Waals surface area contributed by atoms with Gasteiger partial charge in [-0.15, -0.1) is 12.6 Å². The van der Waals surface area contributed by atoms with E-state index in [9.17, 15) is 0 Å². The lowest BCUT2D eigenvalue weighted by Gasteiger charge is -2.32. The second-order valence-electron chi connectivity index (χ2n) is 4.99. The summed E-state index contributed by atoms with van der Waals surface area (Å²) < 4.78 is 6.52. The predicted molar refractivity (Wildman–Crippen MR) is 86.4 cm³/mol. The highest BCUT2D eigenvalue weighted by molar-refractivity contribution is 7.80. The predicted octanol–water partition coefficient (Wildman–Crippen LogP) is 3.86. The minimum atomic E-state index is 0.684. The summed E-state index contributed by atoms with van der Waals surface area (Å²) in [6, 6.07) is 5.94. The average Bonchev–Trinajstić information content (AvgIpc) is 2.45. The third kappa shape index (κ3) is 5.00. The van der Waals surface area contributed by atoms with Crippen LogP contribution in [0.2, 0.25) is 0 Å². The Balaban J connectivity index is 2.31. The van der Waals surface area contributed by atoms with E-state index in [4.69, 9.17) is 9.57 Å². The molecule has 0 saturated carbocycles. The summed E-state index contributed by atoms with van der Waals surface area (Å²) >= 11 is 4.31. The van der Waals surface area contributed by atoms with Crippen molar-refractivity contribution in [1.82, 2.24) is 0 Å². The second-order valence-corrected chi connectivity index (χ2v) is 5.51. The van der Waals surface area contributed by atoms with E-state index in [0.717, 1.165) is 53.5 Å². The topological polar surface area (TPSA) is 18.5 Å². The standard InChI is InChI=1S/C16H27NO2S/c1-5-17(6-2,7-3)19-12-8-11-18-16-10-9-15(20)13-14(16)4/h9-10,13H,5-8,11-12H2,1-4H3/p+1. The van der Waals surface area contributed by atoms with Gasteiger partial charge in [0.05, 0.1) is 6.61 Å². The molecule has 0 amide bonds. The first kappa shape index (κ1) is 17.3. The Kier molecular flexibility index (Phi) is 7.41. The molecule has 0 fully saturated rings. The fourth-order valence-electron chi connectivity index (χ4n) is 2.24. The molecule has 0 aliphatic carbocycles. The number of benzene rings is 1. The zero-order chi connectivity index (χ0) is 15.0. The maximum atomic E-state index is 6.01. The van der Waals surface area contributed by atoms with E-state index in [2.05, 4.69) is 33.4 Å². The van der Waals surface area contributed by atoms with Crippen LogP contribution in [-0.4, -0.2) is 37.5 Å². The molecule has 1 rings (SSSR count). The maximum Gasteiger partial charge on any atom is 0.122 e. The van der Waals surface area contributed by atoms with Crippen LogP contribution in [0.3, 0.4) is 0 Å². The van der Waals surface area contributed by atoms with Crippen LogP contribution in [0.5, 0.6) is 5.75 Å². The Bertz CT molecular complexity index is 397. The first-order valence-corrected chi connectivity index (χ1v) is 7.94. The van der Waals surface area contributed by atoms with Crippen molar-refractivity contribution in [3.05, 3.63) is 23.8 Å². The zero-order valence-electron chi connectivity index (χ0n) is 13.2. The van der Waals surface area contributed by atoms with Gasteiger partial charge in [0, 0.05) is 11.3 Å². The molecule has 0 spiro atoms. The van der Waals surface area contributed by atoms with Crippen LogP contribution in [0, 0.1) is 6.92 Å². The fraction of sp³-hybridized carbons (Fsp3) is 0.625. The average molecular weight is 298 g/mol. The van der Waals surface area contributed by atoms with Crippen molar-refractivity contribution in [2.75, 3.05) is 32.8 Å². The van der Waals surface area contributed by atoms with E-state index in [1.54, 1.807) is 0 Å². The van der Waals surface area contributed by atoms with Gasteiger partial charge in [0.2, 0.25) is 0 Å². The Morgan fingerprint density at radius 2 is 1.70 bits per heavy atom. The van der Waals surface area contributed by atoms with Crippen molar-refractivity contribution in [3.8, 4) is 5.75 Å². The third-order valence-electron chi connectivity index (χ3n) is 3.80. The number of thiol groups is 1. The Labute approximate surface area is 128 Å². The molecule has 0 saturated heterocycles. The monoisotopic (exact) mass is 298 g/mol. The molecule has 0 aromatic heterocycles. The van der Waals surface area contributed by atoms with Gasteiger partial charge in [-0.1, -0.05) is 0 Å². The van der Waals surface area contributed by atoms with Crippen LogP contribution >= 0.6 is 12.6 Å². The van der Waals surface area contributed by atoms with Crippen LogP contribution in [0.4, 0.5) is 0 Å². The van der Waals surface area contributed by atoms with Crippen LogP contribution in [0.25, 0.3) is 0 Å². The lowest BCUT2D eigenvalue weighted by Crippen LogP contribution is -2.47. The van der Waals surface area contributed by atoms with Crippen LogP contribution < -0.4 is 4.74 Å². The van der Waals surface area contributed by atoms with E-state index < -0.39 is 0 Å². The molecular formula is C16H28NO2S+. The van der Waals surface area contributed by atoms with E-state index in [-0.39, 0.29) is 0 Å². The van der Waals surface area contributed by atoms with Crippen LogP contribution in [0.1, 0.15) is 32.8 Å². The molecular weight excluding hydrogens is 270 g/mol. The number of hydroxylamine groups is 3. The summed E-state index contributed by atoms with van der Waals surface area (Å²) in [7, 11) is 0. The van der Waals surface area contributed by atoms with Crippen molar-refractivity contribution < 1.29 is 14.2 Å². The molecule has 114 valence electrons. The molecule has 0 heterocycles. The molecule has 0 aliphatic heterocycles. The number of hydrogen-bond donors (Lipinski definition) is 1. The van der Waals surface area contributed by atoms with Crippen molar-refractivity contribution in [3.63, 3.8) is 0 Å². The number of aryl methyl sites for hydroxylation is 1. The Hall–Kier alpha value is -0.710. The van der Waals surface area contributed by atoms with Crippen molar-refractivity contribution in [2.24, 2.45) is 0 Å². The highest BCUT2D eigenvalue weighted by Crippen LogP contribution is 2.21. The molecule has 0 N–H and O–H groups in total. The highest BCUT2D eigenvalue weighted by atomic mass is 32.1. The number of rotatable bonds is 9. The summed E-state index contributed by atoms with van der Waals surface area (Å²) in [6.07, 6.45) is 0.905. The summed E-state index contributed by atoms with van der Waals surface area (Å²) in [6.45, 7) is 13.0. The van der Waals surface area contributed by atoms with Crippen LogP contribution in [-0.2, 0) is 4.84 Å². The lowest BCUT2D eigenvalue weighted by atomic mass is 10.2.